The molecule has 0 bridgehead atoms. The summed E-state index contributed by atoms with van der Waals surface area (Å²) in [6, 6.07) is 3.56. The van der Waals surface area contributed by atoms with Gasteiger partial charge in [0.1, 0.15) is 6.33 Å². The molecular weight excluding hydrogens is 232 g/mol. The Hall–Kier alpha value is -2.31. The van der Waals surface area contributed by atoms with Crippen LogP contribution >= 0.6 is 0 Å². The molecule has 3 heterocycles. The van der Waals surface area contributed by atoms with Crippen molar-refractivity contribution in [3.63, 3.8) is 0 Å². The summed E-state index contributed by atoms with van der Waals surface area (Å²) in [6.45, 7) is 2.32. The first-order chi connectivity index (χ1) is 8.78. The van der Waals surface area contributed by atoms with Crippen LogP contribution in [0, 0.1) is 0 Å². The molecule has 0 saturated heterocycles. The van der Waals surface area contributed by atoms with E-state index in [0.717, 1.165) is 24.7 Å². The van der Waals surface area contributed by atoms with Crippen molar-refractivity contribution in [2.24, 2.45) is 0 Å². The normalized spacial score (nSPS) is 14.4. The van der Waals surface area contributed by atoms with E-state index in [1.165, 1.54) is 0 Å². The van der Waals surface area contributed by atoms with Crippen molar-refractivity contribution < 1.29 is 4.74 Å². The lowest BCUT2D eigenvalue weighted by Gasteiger charge is -2.28. The first-order valence-electron chi connectivity index (χ1n) is 5.70. The first kappa shape index (κ1) is 10.8. The van der Waals surface area contributed by atoms with Crippen molar-refractivity contribution in [2.45, 2.75) is 13.1 Å². The summed E-state index contributed by atoms with van der Waals surface area (Å²) in [4.78, 5) is 6.48. The maximum absolute atomic E-state index is 5.97. The van der Waals surface area contributed by atoms with Gasteiger partial charge in [-0.3, -0.25) is 0 Å². The summed E-state index contributed by atoms with van der Waals surface area (Å²) in [7, 11) is 1.59. The zero-order chi connectivity index (χ0) is 12.5. The number of nitrogens with two attached hydrogens (primary N) is 1. The molecule has 7 heteroatoms. The largest absolute Gasteiger partial charge is 0.481 e. The Morgan fingerprint density at radius 1 is 1.33 bits per heavy atom. The summed E-state index contributed by atoms with van der Waals surface area (Å²) in [5.74, 6) is 2.22. The Morgan fingerprint density at radius 2 is 2.22 bits per heavy atom. The Balaban J connectivity index is 1.92. The molecule has 2 aromatic rings. The molecule has 0 atom stereocenters. The van der Waals surface area contributed by atoms with E-state index in [2.05, 4.69) is 20.1 Å². The molecule has 0 fully saturated rings. The molecule has 0 spiro atoms. The van der Waals surface area contributed by atoms with Gasteiger partial charge in [-0.2, -0.15) is 4.98 Å². The fourth-order valence-corrected chi connectivity index (χ4v) is 2.06. The number of rotatable bonds is 2. The van der Waals surface area contributed by atoms with E-state index < -0.39 is 0 Å². The zero-order valence-corrected chi connectivity index (χ0v) is 10.1. The fourth-order valence-electron chi connectivity index (χ4n) is 2.06. The maximum Gasteiger partial charge on any atom is 0.215 e. The van der Waals surface area contributed by atoms with E-state index in [-0.39, 0.29) is 0 Å². The molecular formula is C11H14N6O. The average Bonchev–Trinajstić information content (AvgIpc) is 2.86. The van der Waals surface area contributed by atoms with Gasteiger partial charge in [0.25, 0.3) is 0 Å². The lowest BCUT2D eigenvalue weighted by Crippen LogP contribution is -2.34. The van der Waals surface area contributed by atoms with Crippen LogP contribution in [-0.2, 0) is 13.1 Å². The predicted octanol–water partition coefficient (Wildman–Crippen LogP) is 0.284. The van der Waals surface area contributed by atoms with E-state index in [9.17, 15) is 0 Å². The zero-order valence-electron chi connectivity index (χ0n) is 10.1. The van der Waals surface area contributed by atoms with Gasteiger partial charge in [0.15, 0.2) is 11.6 Å². The van der Waals surface area contributed by atoms with Gasteiger partial charge in [-0.15, -0.1) is 10.2 Å². The summed E-state index contributed by atoms with van der Waals surface area (Å²) >= 11 is 0. The van der Waals surface area contributed by atoms with Gasteiger partial charge >= 0.3 is 0 Å². The second kappa shape index (κ2) is 4.17. The van der Waals surface area contributed by atoms with Gasteiger partial charge in [0.2, 0.25) is 5.88 Å². The van der Waals surface area contributed by atoms with Crippen molar-refractivity contribution in [2.75, 3.05) is 24.3 Å². The van der Waals surface area contributed by atoms with Crippen LogP contribution in [-0.4, -0.2) is 33.4 Å². The van der Waals surface area contributed by atoms with Crippen molar-refractivity contribution in [3.8, 4) is 5.88 Å². The van der Waals surface area contributed by atoms with Gasteiger partial charge in [0.05, 0.1) is 19.3 Å². The van der Waals surface area contributed by atoms with Crippen LogP contribution in [0.15, 0.2) is 18.5 Å². The SMILES string of the molecule is COc1ccc(N)c(N2CCn3cnnc3C2)n1. The molecule has 0 radical (unpaired) electrons. The third-order valence-corrected chi connectivity index (χ3v) is 3.03. The minimum Gasteiger partial charge on any atom is -0.481 e. The third-order valence-electron chi connectivity index (χ3n) is 3.03. The Kier molecular flexibility index (Phi) is 2.51. The highest BCUT2D eigenvalue weighted by molar-refractivity contribution is 5.63. The van der Waals surface area contributed by atoms with Crippen molar-refractivity contribution >= 4 is 11.5 Å². The van der Waals surface area contributed by atoms with Crippen molar-refractivity contribution in [3.05, 3.63) is 24.3 Å². The Morgan fingerprint density at radius 3 is 3.06 bits per heavy atom. The second-order valence-electron chi connectivity index (χ2n) is 4.13. The van der Waals surface area contributed by atoms with E-state index in [4.69, 9.17) is 10.5 Å². The fraction of sp³-hybridized carbons (Fsp3) is 0.364. The van der Waals surface area contributed by atoms with Crippen LogP contribution in [0.5, 0.6) is 5.88 Å². The summed E-state index contributed by atoms with van der Waals surface area (Å²) in [5, 5.41) is 7.97. The standard InChI is InChI=1S/C11H14N6O/c1-18-10-3-2-8(12)11(14-10)16-4-5-17-7-13-15-9(17)6-16/h2-3,7H,4-6,12H2,1H3. The number of fused-ring (bicyclic) bond motifs is 1. The molecule has 0 amide bonds. The predicted molar refractivity (Wildman–Crippen MR) is 66.3 cm³/mol. The minimum absolute atomic E-state index is 0.561. The topological polar surface area (TPSA) is 82.1 Å². The second-order valence-corrected chi connectivity index (χ2v) is 4.13. The van der Waals surface area contributed by atoms with Gasteiger partial charge < -0.3 is 19.9 Å². The minimum atomic E-state index is 0.561. The van der Waals surface area contributed by atoms with E-state index in [1.807, 2.05) is 4.57 Å². The summed E-state index contributed by atoms with van der Waals surface area (Å²) in [5.41, 5.74) is 6.61. The number of nitrogens with zero attached hydrogens (tertiary/aromatic N) is 5. The molecule has 1 aliphatic rings. The van der Waals surface area contributed by atoms with Crippen molar-refractivity contribution in [1.29, 1.82) is 0 Å². The highest BCUT2D eigenvalue weighted by atomic mass is 16.5. The molecule has 2 aromatic heterocycles. The number of methoxy groups -OCH3 is 1. The van der Waals surface area contributed by atoms with E-state index in [1.54, 1.807) is 25.6 Å². The highest BCUT2D eigenvalue weighted by Crippen LogP contribution is 2.26. The number of aromatic nitrogens is 4. The lowest BCUT2D eigenvalue weighted by atomic mass is 10.3. The van der Waals surface area contributed by atoms with Gasteiger partial charge in [-0.1, -0.05) is 0 Å². The third kappa shape index (κ3) is 1.73. The average molecular weight is 246 g/mol. The molecule has 0 aliphatic carbocycles. The number of ether oxygens (including phenoxy) is 1. The number of nitrogen functional groups attached to an aromatic ring is 1. The number of pyridine rings is 1. The molecule has 3 rings (SSSR count). The molecule has 18 heavy (non-hydrogen) atoms. The quantitative estimate of drug-likeness (QED) is 0.819. The molecule has 7 nitrogen and oxygen atoms in total. The maximum atomic E-state index is 5.97. The van der Waals surface area contributed by atoms with E-state index >= 15 is 0 Å². The molecule has 0 aromatic carbocycles. The molecule has 94 valence electrons. The molecule has 0 unspecified atom stereocenters. The lowest BCUT2D eigenvalue weighted by molar-refractivity contribution is 0.397. The highest BCUT2D eigenvalue weighted by Gasteiger charge is 2.20. The van der Waals surface area contributed by atoms with Gasteiger partial charge in [-0.05, 0) is 6.07 Å². The number of hydrogen-bond acceptors (Lipinski definition) is 6. The van der Waals surface area contributed by atoms with Crippen LogP contribution in [0.3, 0.4) is 0 Å². The van der Waals surface area contributed by atoms with Gasteiger partial charge in [0, 0.05) is 19.2 Å². The number of hydrogen-bond donors (Lipinski definition) is 1. The smallest absolute Gasteiger partial charge is 0.215 e. The number of anilines is 2. The van der Waals surface area contributed by atoms with Crippen molar-refractivity contribution in [1.82, 2.24) is 19.7 Å². The molecule has 1 aliphatic heterocycles. The first-order valence-corrected chi connectivity index (χ1v) is 5.70. The molecule has 2 N–H and O–H groups in total. The Labute approximate surface area is 104 Å². The summed E-state index contributed by atoms with van der Waals surface area (Å²) in [6.07, 6.45) is 1.75. The van der Waals surface area contributed by atoms with E-state index in [0.29, 0.717) is 18.1 Å². The van der Waals surface area contributed by atoms with Crippen LogP contribution in [0.25, 0.3) is 0 Å². The summed E-state index contributed by atoms with van der Waals surface area (Å²) < 4.78 is 7.16. The van der Waals surface area contributed by atoms with Gasteiger partial charge in [-0.25, -0.2) is 0 Å². The van der Waals surface area contributed by atoms with Crippen LogP contribution < -0.4 is 15.4 Å². The van der Waals surface area contributed by atoms with Crippen LogP contribution in [0.2, 0.25) is 0 Å². The van der Waals surface area contributed by atoms with Crippen LogP contribution in [0.1, 0.15) is 5.82 Å². The molecule has 0 saturated carbocycles. The Bertz CT molecular complexity index is 566. The van der Waals surface area contributed by atoms with Crippen LogP contribution in [0.4, 0.5) is 11.5 Å². The monoisotopic (exact) mass is 246 g/mol.